The maximum Gasteiger partial charge on any atom is 0.126 e. The minimum atomic E-state index is -1.51. The van der Waals surface area contributed by atoms with Crippen LogP contribution in [0.4, 0.5) is 0 Å². The lowest BCUT2D eigenvalue weighted by atomic mass is 9.80. The molecule has 2 aromatic carbocycles. The highest BCUT2D eigenvalue weighted by Gasteiger charge is 2.52. The van der Waals surface area contributed by atoms with Crippen LogP contribution in [-0.2, 0) is 0 Å². The van der Waals surface area contributed by atoms with Crippen LogP contribution in [-0.4, -0.2) is 39.0 Å². The molecule has 0 aromatic heterocycles. The Morgan fingerprint density at radius 3 is 2.59 bits per heavy atom. The largest absolute Gasteiger partial charge is 0.321 e. The van der Waals surface area contributed by atoms with Crippen molar-refractivity contribution in [2.24, 2.45) is 17.8 Å². The van der Waals surface area contributed by atoms with Gasteiger partial charge in [-0.05, 0) is 51.6 Å². The van der Waals surface area contributed by atoms with Crippen molar-refractivity contribution in [3.8, 4) is 0 Å². The second-order valence-electron chi connectivity index (χ2n) is 9.85. The number of allylic oxidation sites excluding steroid dienone is 4. The summed E-state index contributed by atoms with van der Waals surface area (Å²) in [5, 5.41) is 6.31. The van der Waals surface area contributed by atoms with Crippen molar-refractivity contribution in [3.63, 3.8) is 0 Å². The van der Waals surface area contributed by atoms with Gasteiger partial charge in [-0.3, -0.25) is 0 Å². The minimum absolute atomic E-state index is 0.667. The molecule has 0 spiro atoms. The van der Waals surface area contributed by atoms with Gasteiger partial charge in [0.2, 0.25) is 0 Å². The van der Waals surface area contributed by atoms with E-state index in [-0.39, 0.29) is 0 Å². The highest BCUT2D eigenvalue weighted by Crippen LogP contribution is 2.57. The molecule has 1 saturated carbocycles. The Labute approximate surface area is 176 Å². The zero-order valence-corrected chi connectivity index (χ0v) is 19.1. The van der Waals surface area contributed by atoms with E-state index in [1.807, 2.05) is 0 Å². The first-order valence-electron chi connectivity index (χ1n) is 11.4. The predicted octanol–water partition coefficient (Wildman–Crippen LogP) is 5.55. The topological polar surface area (TPSA) is 15.3 Å². The van der Waals surface area contributed by atoms with Gasteiger partial charge in [-0.2, -0.15) is 0 Å². The van der Waals surface area contributed by atoms with Crippen LogP contribution >= 0.6 is 0 Å². The average Bonchev–Trinajstić information content (AvgIpc) is 3.10. The van der Waals surface area contributed by atoms with Crippen molar-refractivity contribution >= 4 is 24.6 Å². The normalized spacial score (nSPS) is 30.4. The lowest BCUT2D eigenvalue weighted by Gasteiger charge is -2.47. The summed E-state index contributed by atoms with van der Waals surface area (Å²) in [6.07, 6.45) is 8.67. The molecule has 1 N–H and O–H groups in total. The van der Waals surface area contributed by atoms with Crippen LogP contribution in [0.5, 0.6) is 0 Å². The first-order valence-corrected chi connectivity index (χ1v) is 14.4. The number of hydrogen-bond acceptors (Lipinski definition) is 2. The van der Waals surface area contributed by atoms with Gasteiger partial charge in [0.1, 0.15) is 8.24 Å². The summed E-state index contributed by atoms with van der Waals surface area (Å²) in [6.45, 7) is 12.6. The Morgan fingerprint density at radius 2 is 1.76 bits per heavy atom. The summed E-state index contributed by atoms with van der Waals surface area (Å²) in [5.41, 5.74) is 3.87. The zero-order valence-electron chi connectivity index (χ0n) is 18.1. The Balaban J connectivity index is 1.51. The van der Waals surface area contributed by atoms with Crippen molar-refractivity contribution in [3.05, 3.63) is 66.3 Å². The van der Waals surface area contributed by atoms with E-state index in [1.165, 1.54) is 35.8 Å². The summed E-state index contributed by atoms with van der Waals surface area (Å²) in [5.74, 6) is 2.16. The molecule has 1 aliphatic heterocycles. The number of nitrogens with zero attached hydrogens (tertiary/aromatic N) is 1. The van der Waals surface area contributed by atoms with Gasteiger partial charge >= 0.3 is 0 Å². The van der Waals surface area contributed by atoms with Crippen LogP contribution in [0.15, 0.2) is 60.7 Å². The van der Waals surface area contributed by atoms with E-state index in [4.69, 9.17) is 0 Å². The highest BCUT2D eigenvalue weighted by molar-refractivity contribution is 6.76. The van der Waals surface area contributed by atoms with Gasteiger partial charge in [-0.25, -0.2) is 0 Å². The van der Waals surface area contributed by atoms with E-state index in [0.29, 0.717) is 11.8 Å². The molecule has 3 heteroatoms. The van der Waals surface area contributed by atoms with Crippen LogP contribution in [0, 0.1) is 17.8 Å². The van der Waals surface area contributed by atoms with Crippen LogP contribution in [0.1, 0.15) is 18.9 Å². The third kappa shape index (κ3) is 3.24. The molecule has 0 bridgehead atoms. The van der Waals surface area contributed by atoms with Crippen LogP contribution in [0.25, 0.3) is 16.3 Å². The minimum Gasteiger partial charge on any atom is -0.321 e. The van der Waals surface area contributed by atoms with Crippen LogP contribution < -0.4 is 5.32 Å². The molecule has 4 unspecified atom stereocenters. The van der Waals surface area contributed by atoms with Crippen LogP contribution in [0.3, 0.4) is 0 Å². The van der Waals surface area contributed by atoms with E-state index in [1.54, 1.807) is 5.57 Å². The van der Waals surface area contributed by atoms with Gasteiger partial charge in [0.25, 0.3) is 0 Å². The molecule has 2 aliphatic carbocycles. The zero-order chi connectivity index (χ0) is 20.0. The fourth-order valence-corrected chi connectivity index (χ4v) is 11.3. The van der Waals surface area contributed by atoms with Gasteiger partial charge in [-0.15, -0.1) is 0 Å². The van der Waals surface area contributed by atoms with E-state index in [2.05, 4.69) is 90.6 Å². The predicted molar refractivity (Wildman–Crippen MR) is 128 cm³/mol. The Kier molecular flexibility index (Phi) is 5.01. The molecule has 2 aromatic rings. The molecule has 2 nitrogen and oxygen atoms in total. The monoisotopic (exact) mass is 402 g/mol. The fraction of sp³-hybridized carbons (Fsp3) is 0.462. The molecule has 5 rings (SSSR count). The molecule has 1 saturated heterocycles. The van der Waals surface area contributed by atoms with Crippen molar-refractivity contribution in [1.29, 1.82) is 0 Å². The Morgan fingerprint density at radius 1 is 1.00 bits per heavy atom. The molecule has 0 amide bonds. The maximum atomic E-state index is 3.55. The fourth-order valence-electron chi connectivity index (χ4n) is 6.72. The van der Waals surface area contributed by atoms with Crippen LogP contribution in [0.2, 0.25) is 18.6 Å². The summed E-state index contributed by atoms with van der Waals surface area (Å²) in [7, 11) is -1.51. The van der Waals surface area contributed by atoms with Gasteiger partial charge in [-0.1, -0.05) is 80.7 Å². The number of fused-ring (bicyclic) bond motifs is 2. The number of rotatable bonds is 3. The van der Waals surface area contributed by atoms with E-state index in [9.17, 15) is 0 Å². The van der Waals surface area contributed by atoms with Crippen molar-refractivity contribution < 1.29 is 0 Å². The quantitative estimate of drug-likeness (QED) is 0.678. The molecule has 2 fully saturated rings. The van der Waals surface area contributed by atoms with Crippen molar-refractivity contribution in [2.45, 2.75) is 32.0 Å². The first-order chi connectivity index (χ1) is 14.1. The first kappa shape index (κ1) is 19.3. The van der Waals surface area contributed by atoms with E-state index < -0.39 is 8.24 Å². The average molecular weight is 403 g/mol. The molecule has 29 heavy (non-hydrogen) atoms. The Hall–Kier alpha value is -1.68. The number of hydrogen-bond donors (Lipinski definition) is 1. The second-order valence-corrected chi connectivity index (χ2v) is 14.5. The van der Waals surface area contributed by atoms with Crippen molar-refractivity contribution in [2.75, 3.05) is 26.2 Å². The SMILES string of the molecule is CC1CC2C(c3cccc4ccccc34)=CC=CC2C1[Si](C)(C)N1CCNCC1. The molecule has 152 valence electrons. The summed E-state index contributed by atoms with van der Waals surface area (Å²) >= 11 is 0. The molecule has 1 heterocycles. The number of nitrogens with one attached hydrogen (secondary N) is 1. The smallest absolute Gasteiger partial charge is 0.126 e. The summed E-state index contributed by atoms with van der Waals surface area (Å²) in [4.78, 5) is 0. The Bertz CT molecular complexity index is 949. The summed E-state index contributed by atoms with van der Waals surface area (Å²) in [6, 6.07) is 15.7. The van der Waals surface area contributed by atoms with Gasteiger partial charge in [0.05, 0.1) is 0 Å². The lowest BCUT2D eigenvalue weighted by molar-refractivity contribution is 0.341. The van der Waals surface area contributed by atoms with Crippen molar-refractivity contribution in [1.82, 2.24) is 9.88 Å². The third-order valence-corrected chi connectivity index (χ3v) is 12.6. The molecular weight excluding hydrogens is 368 g/mol. The van der Waals surface area contributed by atoms with E-state index >= 15 is 0 Å². The molecular formula is C26H34N2Si. The molecule has 0 radical (unpaired) electrons. The lowest BCUT2D eigenvalue weighted by Crippen LogP contribution is -2.60. The number of benzene rings is 2. The van der Waals surface area contributed by atoms with Gasteiger partial charge in [0, 0.05) is 26.2 Å². The highest BCUT2D eigenvalue weighted by atomic mass is 28.3. The molecule has 3 aliphatic rings. The third-order valence-electron chi connectivity index (χ3n) is 7.98. The van der Waals surface area contributed by atoms with Gasteiger partial charge < -0.3 is 9.88 Å². The van der Waals surface area contributed by atoms with E-state index in [0.717, 1.165) is 24.5 Å². The van der Waals surface area contributed by atoms with Gasteiger partial charge in [0.15, 0.2) is 0 Å². The second kappa shape index (κ2) is 7.53. The standard InChI is InChI=1S/C26H34N2Si/c1-19-18-25-23(22-11-6-9-20-8-4-5-10-21(20)22)12-7-13-24(25)26(19)29(2,3)28-16-14-27-15-17-28/h4-13,19,24-27H,14-18H2,1-3H3. The number of piperazine rings is 1. The molecule has 4 atom stereocenters. The summed E-state index contributed by atoms with van der Waals surface area (Å²) < 4.78 is 2.89. The maximum absolute atomic E-state index is 3.55.